The average Bonchev–Trinajstić information content (AvgIpc) is 2.83. The Morgan fingerprint density at radius 1 is 1.45 bits per heavy atom. The molecule has 2 rings (SSSR count). The second kappa shape index (κ2) is 5.29. The number of sulfone groups is 1. The highest BCUT2D eigenvalue weighted by Crippen LogP contribution is 2.25. The van der Waals surface area contributed by atoms with Gasteiger partial charge in [-0.3, -0.25) is 4.98 Å². The van der Waals surface area contributed by atoms with Crippen LogP contribution in [0.3, 0.4) is 0 Å². The fourth-order valence-corrected chi connectivity index (χ4v) is 4.27. The van der Waals surface area contributed by atoms with Crippen LogP contribution < -0.4 is 0 Å². The molecule has 0 spiro atoms. The number of nitrogens with zero attached hydrogens (tertiary/aromatic N) is 1. The Hall–Kier alpha value is -1.80. The molecule has 0 aliphatic heterocycles. The average molecular weight is 315 g/mol. The van der Waals surface area contributed by atoms with Crippen molar-refractivity contribution in [3.8, 4) is 0 Å². The molecule has 0 amide bonds. The standard InChI is InChI=1S/C12H10FNO4S2/c1-7-10(13)2-8(12(15)16)3-11(7)20(17,18)5-9-4-14-6-19-9/h2-4,6H,5H2,1H3,(H,15,16). The third-order valence-electron chi connectivity index (χ3n) is 2.69. The van der Waals surface area contributed by atoms with Crippen molar-refractivity contribution in [3.63, 3.8) is 0 Å². The fraction of sp³-hybridized carbons (Fsp3) is 0.167. The zero-order valence-corrected chi connectivity index (χ0v) is 12.0. The van der Waals surface area contributed by atoms with Gasteiger partial charge in [0.2, 0.25) is 0 Å². The van der Waals surface area contributed by atoms with Crippen molar-refractivity contribution in [1.29, 1.82) is 0 Å². The maximum absolute atomic E-state index is 13.7. The zero-order chi connectivity index (χ0) is 14.9. The number of rotatable bonds is 4. The third kappa shape index (κ3) is 2.86. The molecule has 0 radical (unpaired) electrons. The van der Waals surface area contributed by atoms with Gasteiger partial charge in [0.15, 0.2) is 9.84 Å². The summed E-state index contributed by atoms with van der Waals surface area (Å²) in [4.78, 5) is 14.9. The summed E-state index contributed by atoms with van der Waals surface area (Å²) in [5.41, 5.74) is 1.02. The quantitative estimate of drug-likeness (QED) is 0.935. The van der Waals surface area contributed by atoms with E-state index >= 15 is 0 Å². The van der Waals surface area contributed by atoms with Crippen LogP contribution >= 0.6 is 11.3 Å². The van der Waals surface area contributed by atoms with Crippen molar-refractivity contribution in [3.05, 3.63) is 45.7 Å². The maximum atomic E-state index is 13.7. The SMILES string of the molecule is Cc1c(F)cc(C(=O)O)cc1S(=O)(=O)Cc1cncs1. The van der Waals surface area contributed by atoms with E-state index in [0.717, 1.165) is 23.5 Å². The molecule has 0 atom stereocenters. The highest BCUT2D eigenvalue weighted by molar-refractivity contribution is 7.90. The number of halogens is 1. The number of hydrogen-bond donors (Lipinski definition) is 1. The lowest BCUT2D eigenvalue weighted by atomic mass is 10.1. The van der Waals surface area contributed by atoms with Crippen LogP contribution in [0.5, 0.6) is 0 Å². The fourth-order valence-electron chi connectivity index (χ4n) is 1.68. The van der Waals surface area contributed by atoms with Gasteiger partial charge in [-0.15, -0.1) is 11.3 Å². The van der Waals surface area contributed by atoms with Gasteiger partial charge in [-0.25, -0.2) is 17.6 Å². The highest BCUT2D eigenvalue weighted by atomic mass is 32.2. The molecule has 2 aromatic rings. The topological polar surface area (TPSA) is 84.3 Å². The van der Waals surface area contributed by atoms with Gasteiger partial charge in [-0.05, 0) is 19.1 Å². The van der Waals surface area contributed by atoms with E-state index in [-0.39, 0.29) is 16.2 Å². The predicted molar refractivity (Wildman–Crippen MR) is 71.1 cm³/mol. The first-order valence-electron chi connectivity index (χ1n) is 5.45. The number of carboxylic acids is 1. The van der Waals surface area contributed by atoms with Gasteiger partial charge >= 0.3 is 5.97 Å². The van der Waals surface area contributed by atoms with E-state index in [9.17, 15) is 17.6 Å². The van der Waals surface area contributed by atoms with E-state index in [1.165, 1.54) is 18.6 Å². The van der Waals surface area contributed by atoms with Crippen LogP contribution in [0.15, 0.2) is 28.7 Å². The van der Waals surface area contributed by atoms with Gasteiger partial charge < -0.3 is 5.11 Å². The number of aromatic nitrogens is 1. The normalized spacial score (nSPS) is 11.5. The molecular formula is C12H10FNO4S2. The monoisotopic (exact) mass is 315 g/mol. The lowest BCUT2D eigenvalue weighted by molar-refractivity contribution is 0.0696. The van der Waals surface area contributed by atoms with E-state index in [2.05, 4.69) is 4.98 Å². The molecule has 0 fully saturated rings. The van der Waals surface area contributed by atoms with Gasteiger partial charge in [-0.1, -0.05) is 0 Å². The number of aromatic carboxylic acids is 1. The number of benzene rings is 1. The van der Waals surface area contributed by atoms with E-state index in [0.29, 0.717) is 4.88 Å². The van der Waals surface area contributed by atoms with Crippen LogP contribution in [0.1, 0.15) is 20.8 Å². The summed E-state index contributed by atoms with van der Waals surface area (Å²) >= 11 is 1.16. The number of thiazole rings is 1. The summed E-state index contributed by atoms with van der Waals surface area (Å²) in [6.45, 7) is 1.31. The van der Waals surface area contributed by atoms with E-state index in [1.54, 1.807) is 0 Å². The van der Waals surface area contributed by atoms with Crippen molar-refractivity contribution < 1.29 is 22.7 Å². The molecule has 0 saturated carbocycles. The van der Waals surface area contributed by atoms with Gasteiger partial charge in [-0.2, -0.15) is 0 Å². The first-order chi connectivity index (χ1) is 9.31. The predicted octanol–water partition coefficient (Wildman–Crippen LogP) is 2.26. The first kappa shape index (κ1) is 14.6. The minimum Gasteiger partial charge on any atom is -0.478 e. The Bertz CT molecular complexity index is 754. The lowest BCUT2D eigenvalue weighted by Crippen LogP contribution is -2.10. The van der Waals surface area contributed by atoms with Crippen molar-refractivity contribution >= 4 is 27.1 Å². The number of hydrogen-bond acceptors (Lipinski definition) is 5. The van der Waals surface area contributed by atoms with Crippen LogP contribution in [0.4, 0.5) is 4.39 Å². The summed E-state index contributed by atoms with van der Waals surface area (Å²) in [6.07, 6.45) is 1.41. The van der Waals surface area contributed by atoms with Gasteiger partial charge in [0, 0.05) is 16.6 Å². The van der Waals surface area contributed by atoms with Crippen molar-refractivity contribution in [2.75, 3.05) is 0 Å². The van der Waals surface area contributed by atoms with Crippen molar-refractivity contribution in [2.24, 2.45) is 0 Å². The molecule has 106 valence electrons. The third-order valence-corrected chi connectivity index (χ3v) is 5.44. The Labute approximate surface area is 118 Å². The maximum Gasteiger partial charge on any atom is 0.335 e. The summed E-state index contributed by atoms with van der Waals surface area (Å²) in [5, 5.41) is 8.88. The highest BCUT2D eigenvalue weighted by Gasteiger charge is 2.23. The first-order valence-corrected chi connectivity index (χ1v) is 7.98. The van der Waals surface area contributed by atoms with Gasteiger partial charge in [0.1, 0.15) is 5.82 Å². The van der Waals surface area contributed by atoms with Crippen LogP contribution in [0.2, 0.25) is 0 Å². The second-order valence-electron chi connectivity index (χ2n) is 4.11. The van der Waals surface area contributed by atoms with Crippen molar-refractivity contribution in [1.82, 2.24) is 4.98 Å². The molecule has 5 nitrogen and oxygen atoms in total. The van der Waals surface area contributed by atoms with Crippen molar-refractivity contribution in [2.45, 2.75) is 17.6 Å². The molecule has 0 saturated heterocycles. The van der Waals surface area contributed by atoms with Gasteiger partial charge in [0.05, 0.1) is 21.7 Å². The summed E-state index contributed by atoms with van der Waals surface area (Å²) in [7, 11) is -3.83. The van der Waals surface area contributed by atoms with Crippen LogP contribution in [0.25, 0.3) is 0 Å². The molecule has 0 bridgehead atoms. The van der Waals surface area contributed by atoms with Crippen LogP contribution in [0, 0.1) is 12.7 Å². The van der Waals surface area contributed by atoms with E-state index in [1.807, 2.05) is 0 Å². The van der Waals surface area contributed by atoms with Gasteiger partial charge in [0.25, 0.3) is 0 Å². The largest absolute Gasteiger partial charge is 0.478 e. The Balaban J connectivity index is 2.53. The smallest absolute Gasteiger partial charge is 0.335 e. The molecule has 0 unspecified atom stereocenters. The van der Waals surface area contributed by atoms with E-state index in [4.69, 9.17) is 5.11 Å². The zero-order valence-electron chi connectivity index (χ0n) is 10.3. The summed E-state index contributed by atoms with van der Waals surface area (Å²) in [6, 6.07) is 1.79. The lowest BCUT2D eigenvalue weighted by Gasteiger charge is -2.09. The molecule has 0 aliphatic carbocycles. The molecule has 20 heavy (non-hydrogen) atoms. The number of carbonyl (C=O) groups is 1. The molecule has 8 heteroatoms. The molecule has 1 aromatic carbocycles. The Kier molecular flexibility index (Phi) is 3.87. The summed E-state index contributed by atoms with van der Waals surface area (Å²) < 4.78 is 38.2. The number of carboxylic acid groups (broad SMARTS) is 1. The van der Waals surface area contributed by atoms with Crippen LogP contribution in [-0.4, -0.2) is 24.5 Å². The summed E-state index contributed by atoms with van der Waals surface area (Å²) in [5.74, 6) is -2.56. The Morgan fingerprint density at radius 3 is 2.70 bits per heavy atom. The minimum absolute atomic E-state index is 0.0838. The molecule has 0 aliphatic rings. The minimum atomic E-state index is -3.83. The van der Waals surface area contributed by atoms with E-state index < -0.39 is 27.2 Å². The molecule has 1 aromatic heterocycles. The molecule has 1 N–H and O–H groups in total. The second-order valence-corrected chi connectivity index (χ2v) is 7.04. The Morgan fingerprint density at radius 2 is 2.15 bits per heavy atom. The van der Waals surface area contributed by atoms with Crippen LogP contribution in [-0.2, 0) is 15.6 Å². The molecule has 1 heterocycles. The molecular weight excluding hydrogens is 305 g/mol.